The minimum atomic E-state index is -5.55. The molecule has 3 N–H and O–H groups in total. The molecule has 0 aliphatic heterocycles. The maximum absolute atomic E-state index is 13.0. The summed E-state index contributed by atoms with van der Waals surface area (Å²) in [4.78, 5) is 0. The van der Waals surface area contributed by atoms with Gasteiger partial charge in [0.25, 0.3) is 0 Å². The van der Waals surface area contributed by atoms with Crippen LogP contribution in [0.1, 0.15) is 114 Å². The average Bonchev–Trinajstić information content (AvgIpc) is 3.24. The lowest BCUT2D eigenvalue weighted by atomic mass is 9.52. The van der Waals surface area contributed by atoms with Crippen molar-refractivity contribution in [1.29, 1.82) is 0 Å². The first kappa shape index (κ1) is 34.8. The van der Waals surface area contributed by atoms with Crippen molar-refractivity contribution in [3.63, 3.8) is 0 Å². The quantitative estimate of drug-likeness (QED) is 0.115. The van der Waals surface area contributed by atoms with Gasteiger partial charge in [-0.05, 0) is 97.0 Å². The highest BCUT2D eigenvalue weighted by atomic mass is 32.2. The minimum Gasteiger partial charge on any atom is -0.423 e. The van der Waals surface area contributed by atoms with Gasteiger partial charge in [0.05, 0.1) is 6.10 Å². The molecule has 0 spiro atoms. The van der Waals surface area contributed by atoms with Crippen LogP contribution in [0.3, 0.4) is 0 Å². The van der Waals surface area contributed by atoms with Crippen molar-refractivity contribution >= 4 is 23.4 Å². The first-order valence-electron chi connectivity index (χ1n) is 16.2. The van der Waals surface area contributed by atoms with E-state index in [-0.39, 0.29) is 17.3 Å². The number of unbranched alkanes of at least 4 members (excludes halogenated alkanes) is 6. The minimum absolute atomic E-state index is 0.0179. The van der Waals surface area contributed by atoms with Gasteiger partial charge >= 0.3 is 19.2 Å². The van der Waals surface area contributed by atoms with E-state index in [4.69, 9.17) is 0 Å². The first-order chi connectivity index (χ1) is 20.2. The summed E-state index contributed by atoms with van der Waals surface area (Å²) in [6.45, 7) is 2.28. The average molecular weight is 635 g/mol. The summed E-state index contributed by atoms with van der Waals surface area (Å²) in [6, 6.07) is 5.93. The van der Waals surface area contributed by atoms with E-state index in [0.29, 0.717) is 41.3 Å². The van der Waals surface area contributed by atoms with Crippen LogP contribution in [0.2, 0.25) is 0 Å². The van der Waals surface area contributed by atoms with Gasteiger partial charge < -0.3 is 15.2 Å². The van der Waals surface area contributed by atoms with Crippen molar-refractivity contribution in [2.75, 3.05) is 11.5 Å². The maximum atomic E-state index is 13.0. The third-order valence-electron chi connectivity index (χ3n) is 10.9. The van der Waals surface area contributed by atoms with E-state index in [1.807, 2.05) is 12.1 Å². The molecule has 0 radical (unpaired) electrons. The smallest absolute Gasteiger partial charge is 0.423 e. The van der Waals surface area contributed by atoms with Gasteiger partial charge in [-0.15, -0.1) is 0 Å². The summed E-state index contributed by atoms with van der Waals surface area (Å²) in [5.74, 6) is -2.50. The fourth-order valence-electron chi connectivity index (χ4n) is 8.48. The number of rotatable bonds is 15. The standard InChI is InChI=1S/C32H48BF5O4S/c1-30-17-15-26-25-12-11-24(33(40)41)21-23(25)20-22(29(26)27(30)13-14-28(30)39)10-7-5-3-2-4-6-8-18-43(42)19-9-16-31(34,35)32(36,37)38/h11-12,21-22,26-29,39-41H,2-10,13-20H2,1H3/t22-,26-,27+,28+,29-,30+,43?/m0/s1. The second-order valence-electron chi connectivity index (χ2n) is 13.6. The lowest BCUT2D eigenvalue weighted by Gasteiger charge is -2.53. The molecule has 2 saturated carbocycles. The number of halogens is 5. The van der Waals surface area contributed by atoms with E-state index >= 15 is 0 Å². The molecule has 0 amide bonds. The second-order valence-corrected chi connectivity index (χ2v) is 15.3. The van der Waals surface area contributed by atoms with Crippen LogP contribution in [0.5, 0.6) is 0 Å². The Morgan fingerprint density at radius 3 is 2.26 bits per heavy atom. The molecule has 4 rings (SSSR count). The van der Waals surface area contributed by atoms with E-state index in [0.717, 1.165) is 77.0 Å². The lowest BCUT2D eigenvalue weighted by molar-refractivity contribution is -0.284. The van der Waals surface area contributed by atoms with Gasteiger partial charge in [-0.3, -0.25) is 4.21 Å². The molecule has 3 aliphatic carbocycles. The van der Waals surface area contributed by atoms with Gasteiger partial charge in [0.2, 0.25) is 0 Å². The van der Waals surface area contributed by atoms with Gasteiger partial charge in [-0.25, -0.2) is 0 Å². The van der Waals surface area contributed by atoms with Crippen LogP contribution < -0.4 is 5.46 Å². The van der Waals surface area contributed by atoms with Crippen LogP contribution in [0, 0.1) is 23.2 Å². The fourth-order valence-corrected chi connectivity index (χ4v) is 9.67. The van der Waals surface area contributed by atoms with Crippen LogP contribution in [0.25, 0.3) is 0 Å². The Hall–Kier alpha value is -1.04. The molecule has 4 nitrogen and oxygen atoms in total. The van der Waals surface area contributed by atoms with Crippen LogP contribution in [-0.2, 0) is 17.2 Å². The van der Waals surface area contributed by atoms with Crippen LogP contribution in [-0.4, -0.2) is 56.2 Å². The van der Waals surface area contributed by atoms with Crippen molar-refractivity contribution in [3.8, 4) is 0 Å². The maximum Gasteiger partial charge on any atom is 0.488 e. The number of alkyl halides is 5. The Morgan fingerprint density at radius 1 is 0.930 bits per heavy atom. The number of fused-ring (bicyclic) bond motifs is 5. The normalized spacial score (nSPS) is 29.6. The van der Waals surface area contributed by atoms with E-state index in [1.54, 1.807) is 0 Å². The molecule has 3 aliphatic rings. The third kappa shape index (κ3) is 8.22. The zero-order valence-electron chi connectivity index (χ0n) is 25.3. The third-order valence-corrected chi connectivity index (χ3v) is 12.4. The SMILES string of the molecule is C[C@@]12CC[C@H]3c4ccc(B(O)O)cc4C[C@H](CCCCCCCCCS(=O)CCCC(F)(F)C(F)(F)F)[C@@H]3[C@H]1CC[C@H]2O. The fraction of sp³-hybridized carbons (Fsp3) is 0.812. The van der Waals surface area contributed by atoms with Gasteiger partial charge in [0.15, 0.2) is 0 Å². The molecule has 1 unspecified atom stereocenters. The summed E-state index contributed by atoms with van der Waals surface area (Å²) in [5, 5.41) is 30.4. The molecule has 0 aromatic heterocycles. The van der Waals surface area contributed by atoms with E-state index < -0.39 is 42.9 Å². The highest BCUT2D eigenvalue weighted by molar-refractivity contribution is 7.84. The molecular formula is C32H48BF5O4S. The van der Waals surface area contributed by atoms with Crippen LogP contribution >= 0.6 is 0 Å². The van der Waals surface area contributed by atoms with Crippen molar-refractivity contribution < 1.29 is 41.3 Å². The number of benzene rings is 1. The Morgan fingerprint density at radius 2 is 1.58 bits per heavy atom. The van der Waals surface area contributed by atoms with Crippen molar-refractivity contribution in [3.05, 3.63) is 29.3 Å². The topological polar surface area (TPSA) is 77.8 Å². The number of aliphatic hydroxyl groups excluding tert-OH is 1. The molecule has 0 bridgehead atoms. The highest BCUT2D eigenvalue weighted by Gasteiger charge is 2.57. The second kappa shape index (κ2) is 14.6. The first-order valence-corrected chi connectivity index (χ1v) is 17.7. The predicted octanol–water partition coefficient (Wildman–Crippen LogP) is 6.66. The predicted molar refractivity (Wildman–Crippen MR) is 161 cm³/mol. The summed E-state index contributed by atoms with van der Waals surface area (Å²) in [6.07, 6.45) is 5.48. The lowest BCUT2D eigenvalue weighted by Crippen LogP contribution is -2.47. The Balaban J connectivity index is 1.19. The van der Waals surface area contributed by atoms with Crippen molar-refractivity contribution in [1.82, 2.24) is 0 Å². The zero-order valence-corrected chi connectivity index (χ0v) is 26.1. The highest BCUT2D eigenvalue weighted by Crippen LogP contribution is 2.62. The van der Waals surface area contributed by atoms with Crippen molar-refractivity contribution in [2.24, 2.45) is 23.2 Å². The summed E-state index contributed by atoms with van der Waals surface area (Å²) >= 11 is 0. The molecular weight excluding hydrogens is 586 g/mol. The monoisotopic (exact) mass is 634 g/mol. The van der Waals surface area contributed by atoms with E-state index in [2.05, 4.69) is 13.0 Å². The molecule has 43 heavy (non-hydrogen) atoms. The Bertz CT molecular complexity index is 1090. The van der Waals surface area contributed by atoms with Crippen LogP contribution in [0.4, 0.5) is 22.0 Å². The molecule has 7 atom stereocenters. The molecule has 11 heteroatoms. The van der Waals surface area contributed by atoms with E-state index in [1.165, 1.54) is 11.1 Å². The van der Waals surface area contributed by atoms with Crippen LogP contribution in [0.15, 0.2) is 18.2 Å². The largest absolute Gasteiger partial charge is 0.488 e. The number of aliphatic hydroxyl groups is 1. The van der Waals surface area contributed by atoms with Gasteiger partial charge in [-0.2, -0.15) is 22.0 Å². The Kier molecular flexibility index (Phi) is 11.8. The molecule has 1 aromatic rings. The van der Waals surface area contributed by atoms with Gasteiger partial charge in [0.1, 0.15) is 0 Å². The molecule has 0 heterocycles. The zero-order chi connectivity index (χ0) is 31.4. The summed E-state index contributed by atoms with van der Waals surface area (Å²) in [7, 11) is -2.84. The summed E-state index contributed by atoms with van der Waals surface area (Å²) in [5.41, 5.74) is 3.12. The van der Waals surface area contributed by atoms with Gasteiger partial charge in [0, 0.05) is 28.7 Å². The number of hydrogen-bond acceptors (Lipinski definition) is 4. The molecule has 244 valence electrons. The van der Waals surface area contributed by atoms with E-state index in [9.17, 15) is 41.3 Å². The molecule has 2 fully saturated rings. The summed E-state index contributed by atoms with van der Waals surface area (Å²) < 4.78 is 74.6. The van der Waals surface area contributed by atoms with Gasteiger partial charge in [-0.1, -0.05) is 63.6 Å². The Labute approximate surface area is 255 Å². The number of hydrogen-bond donors (Lipinski definition) is 3. The van der Waals surface area contributed by atoms with Crippen molar-refractivity contribution in [2.45, 2.75) is 127 Å². The molecule has 1 aromatic carbocycles. The molecule has 0 saturated heterocycles.